The Balaban J connectivity index is 0. The van der Waals surface area contributed by atoms with Gasteiger partial charge in [-0.25, -0.2) is 70.9 Å². The van der Waals surface area contributed by atoms with Gasteiger partial charge in [-0.3, -0.25) is 0 Å². The summed E-state index contributed by atoms with van der Waals surface area (Å²) in [5.41, 5.74) is 5.32. The molecule has 0 aliphatic rings. The molecule has 5 rings (SSSR count). The molecule has 0 atom stereocenters. The van der Waals surface area contributed by atoms with Crippen LogP contribution in [0.1, 0.15) is 153 Å². The topological polar surface area (TPSA) is 332 Å². The molecule has 0 fully saturated rings. The summed E-state index contributed by atoms with van der Waals surface area (Å²) < 4.78 is 152. The number of carbonyl (C=O) groups is 6. The van der Waals surface area contributed by atoms with E-state index in [4.69, 9.17) is 74.8 Å². The van der Waals surface area contributed by atoms with Gasteiger partial charge >= 0.3 is 35.8 Å². The number of ether oxygens (including phenoxy) is 6. The Hall–Kier alpha value is -7.04. The van der Waals surface area contributed by atoms with Crippen LogP contribution in [0.4, 0.5) is 0 Å². The molecule has 0 bridgehead atoms. The molecule has 0 spiro atoms. The van der Waals surface area contributed by atoms with Crippen molar-refractivity contribution in [2.24, 2.45) is 0 Å². The fourth-order valence-corrected chi connectivity index (χ4v) is 15.5. The van der Waals surface area contributed by atoms with Gasteiger partial charge in [-0.2, -0.15) is 0 Å². The maximum Gasteiger partial charge on any atom is 0.334 e. The molecule has 0 saturated heterocycles. The second-order valence-corrected chi connectivity index (χ2v) is 40.4. The molecule has 0 saturated carbocycles. The Morgan fingerprint density at radius 3 is 0.720 bits per heavy atom. The van der Waals surface area contributed by atoms with Crippen LogP contribution >= 0.6 is 67.6 Å². The third-order valence-corrected chi connectivity index (χ3v) is 24.9. The zero-order valence-electron chi connectivity index (χ0n) is 69.6. The predicted octanol–water partition coefficient (Wildman–Crippen LogP) is 18.4. The minimum atomic E-state index is -3.75. The lowest BCUT2D eigenvalue weighted by Crippen LogP contribution is -2.21. The average Bonchev–Trinajstić information content (AvgIpc) is 0.850. The van der Waals surface area contributed by atoms with Gasteiger partial charge in [0.25, 0.3) is 0 Å². The smallest absolute Gasteiger partial charge is 0.334 e. The zero-order chi connectivity index (χ0) is 90.3. The molecule has 0 heterocycles. The highest BCUT2D eigenvalue weighted by molar-refractivity contribution is 14.2. The molecule has 0 radical (unpaired) electrons. The largest absolute Gasteiger partial charge is 0.462 e. The van der Waals surface area contributed by atoms with Gasteiger partial charge in [0.05, 0.1) is 108 Å². The monoisotopic (exact) mass is 1930 g/mol. The fourth-order valence-electron chi connectivity index (χ4n) is 9.10. The van der Waals surface area contributed by atoms with Crippen LogP contribution in [0.5, 0.6) is 0 Å². The molecule has 118 heavy (non-hydrogen) atoms. The van der Waals surface area contributed by atoms with Crippen LogP contribution in [0.2, 0.25) is 0 Å². The third kappa shape index (κ3) is 52.2. The first-order valence-corrected chi connectivity index (χ1v) is 50.1. The highest BCUT2D eigenvalue weighted by atomic mass is 127. The summed E-state index contributed by atoms with van der Waals surface area (Å²) in [6.07, 6.45) is 8.47. The Kier molecular flexibility index (Phi) is 59.5. The molecule has 5 aromatic rings. The van der Waals surface area contributed by atoms with E-state index >= 15 is 0 Å². The molecule has 0 N–H and O–H groups in total. The van der Waals surface area contributed by atoms with E-state index in [0.29, 0.717) is 80.6 Å². The number of aryl methyl sites for hydroxylation is 5. The summed E-state index contributed by atoms with van der Waals surface area (Å²) in [5, 5.41) is 2.22. The Labute approximate surface area is 733 Å². The van der Waals surface area contributed by atoms with Gasteiger partial charge in [-0.15, -0.1) is 46.4 Å². The molecule has 0 aromatic heterocycles. The summed E-state index contributed by atoms with van der Waals surface area (Å²) in [6.45, 7) is 40.9. The van der Waals surface area contributed by atoms with Crippen LogP contribution in [-0.2, 0) is 104 Å². The van der Waals surface area contributed by atoms with E-state index in [0.717, 1.165) is 64.3 Å². The Bertz CT molecular complexity index is 4360. The van der Waals surface area contributed by atoms with Gasteiger partial charge in [0.2, 0.25) is 7.01 Å². The number of benzene rings is 5. The lowest BCUT2D eigenvalue weighted by molar-refractivity contribution is -0.140. The summed E-state index contributed by atoms with van der Waals surface area (Å²) in [7, 11) is -17.9. The van der Waals surface area contributed by atoms with Gasteiger partial charge in [0.1, 0.15) is 0 Å². The Morgan fingerprint density at radius 1 is 0.331 bits per heavy atom. The maximum atomic E-state index is 12.4. The summed E-state index contributed by atoms with van der Waals surface area (Å²) in [5.74, 6) is -4.62. The number of hydrogen-bond donors (Lipinski definition) is 0. The van der Waals surface area contributed by atoms with E-state index in [1.165, 1.54) is 103 Å². The van der Waals surface area contributed by atoms with Crippen LogP contribution < -0.4 is 0 Å². The van der Waals surface area contributed by atoms with Crippen LogP contribution in [0, 0.1) is 34.6 Å². The second kappa shape index (κ2) is 62.1. The normalized spacial score (nSPS) is 11.3. The molecule has 5 aromatic carbocycles. The van der Waals surface area contributed by atoms with Crippen LogP contribution in [0.15, 0.2) is 216 Å². The van der Waals surface area contributed by atoms with Crippen LogP contribution in [0.3, 0.4) is 0 Å². The van der Waals surface area contributed by atoms with E-state index in [1.54, 1.807) is 86.6 Å². The van der Waals surface area contributed by atoms with Crippen molar-refractivity contribution in [3.63, 3.8) is 0 Å². The van der Waals surface area contributed by atoms with E-state index in [2.05, 4.69) is 52.0 Å². The highest BCUT2D eigenvalue weighted by Gasteiger charge is 2.23. The zero-order valence-corrected chi connectivity index (χ0v) is 78.8. The summed E-state index contributed by atoms with van der Waals surface area (Å²) in [4.78, 5) is 73.7. The molecule has 23 nitrogen and oxygen atoms in total. The van der Waals surface area contributed by atoms with E-state index in [9.17, 15) is 70.9 Å². The first kappa shape index (κ1) is 113. The van der Waals surface area contributed by atoms with E-state index in [-0.39, 0.29) is 90.9 Å². The number of rotatable bonds is 41. The molecular formula is C85H116Cl4INO22S5. The molecule has 0 amide bonds. The van der Waals surface area contributed by atoms with Gasteiger partial charge in [-0.1, -0.05) is 136 Å². The third-order valence-electron chi connectivity index (χ3n) is 15.9. The number of sulfone groups is 4. The number of hydrogen-bond acceptors (Lipinski definition) is 23. The highest BCUT2D eigenvalue weighted by Crippen LogP contribution is 2.22. The first-order valence-electron chi connectivity index (χ1n) is 37.5. The minimum Gasteiger partial charge on any atom is -0.462 e. The summed E-state index contributed by atoms with van der Waals surface area (Å²) in [6, 6.07) is 32.2. The lowest BCUT2D eigenvalue weighted by atomic mass is 10.2. The van der Waals surface area contributed by atoms with Crippen molar-refractivity contribution >= 4 is 150 Å². The number of carbonyl (C=O) groups excluding carboxylic acids is 6. The van der Waals surface area contributed by atoms with Crippen molar-refractivity contribution in [3.05, 3.63) is 220 Å². The summed E-state index contributed by atoms with van der Waals surface area (Å²) >= 11 is 20.5. The number of nitrogens with zero attached hydrogens (tertiary/aromatic N) is 1. The van der Waals surface area contributed by atoms with Crippen molar-refractivity contribution in [3.8, 4) is 0 Å². The van der Waals surface area contributed by atoms with Crippen molar-refractivity contribution < 1.29 is 99.3 Å². The van der Waals surface area contributed by atoms with Gasteiger partial charge in [0, 0.05) is 44.3 Å². The number of alkyl halides is 4. The number of esters is 6. The molecular weight excluding hydrogens is 1820 g/mol. The molecule has 0 aliphatic carbocycles. The fraction of sp³-hybridized carbons (Fsp3) is 0.435. The van der Waals surface area contributed by atoms with Crippen LogP contribution in [-0.4, -0.2) is 164 Å². The van der Waals surface area contributed by atoms with Crippen molar-refractivity contribution in [1.82, 2.24) is 4.90 Å². The lowest BCUT2D eigenvalue weighted by Gasteiger charge is -2.13. The average molecular weight is 1930 g/mol. The van der Waals surface area contributed by atoms with Gasteiger partial charge in [-0.05, 0) is 220 Å². The van der Waals surface area contributed by atoms with Crippen molar-refractivity contribution in [2.45, 2.75) is 185 Å². The maximum absolute atomic E-state index is 12.4. The van der Waals surface area contributed by atoms with Crippen molar-refractivity contribution in [2.75, 3.05) is 81.5 Å². The quantitative estimate of drug-likeness (QED) is 0.00667. The number of unbranched alkanes of at least 4 members (excludes halogenated alkanes) is 9. The van der Waals surface area contributed by atoms with E-state index < -0.39 is 81.7 Å². The molecule has 658 valence electrons. The number of halogens is 5. The molecule has 0 unspecified atom stereocenters. The van der Waals surface area contributed by atoms with Crippen LogP contribution in [0.25, 0.3) is 0 Å². The van der Waals surface area contributed by atoms with Gasteiger partial charge in [0.15, 0.2) is 39.3 Å². The van der Waals surface area contributed by atoms with E-state index in [1.807, 2.05) is 34.6 Å². The predicted molar refractivity (Wildman–Crippen MR) is 479 cm³/mol. The minimum absolute atomic E-state index is 0.00898. The van der Waals surface area contributed by atoms with Gasteiger partial charge < -0.3 is 33.3 Å². The SMILES string of the molecule is C/C(=C\S(=O)(=O)c1ccc(C)cc1)C(=O)OCCCCCCOC(=O)/C(C)=C/S(=O)(=O)c1ccc(C)cc1.C=C(C)C(=O)OCCCCCCOC(=O)C(=C)C.C=C(CS(=O)(=O)c1ccc(C)cc1)C(=O)OCCCCCCOC(=O)C(=C)CS(=O)(=O)c1ccc(C)cc1.CCN(CC)CC.Cc1ccc(S(=O)(=O)I)cc1.ClCCl.ClCCl. The molecule has 33 heteroatoms. The second-order valence-electron chi connectivity index (χ2n) is 26.4. The first-order chi connectivity index (χ1) is 55.2. The molecule has 0 aliphatic heterocycles. The Morgan fingerprint density at radius 2 is 0.525 bits per heavy atom. The standard InChI is InChI=1S/2C28H34O8S2.C14H22O4.C7H7IO2S.C6H15N.2CH2Cl2/c2*1-21-9-13-25(14-10-21)37(31,32)19-23(3)27(29)35-17-7-5-6-8-18-36-28(30)24(4)20-38(33,34)26-15-11-22(2)12-16-26;1-11(2)13(15)17-9-7-5-6-8-10-18-14(16)12(3)4;1-6-2-4-7(5-3-6)11(8,9)10;1-4-7(5-2)6-3;2*2-1-3/h9-16,19-20H,5-8,17-18H2,1-4H3;9-16H,3-8,17-20H2,1-2H3;1,3,5-10H2,2,4H3;2-5H,1H3;4-6H2,1-3H3;2*1H2/b23-19+,24-20+;;;;;;. The van der Waals surface area contributed by atoms with Crippen molar-refractivity contribution in [1.29, 1.82) is 0 Å².